The second-order valence-corrected chi connectivity index (χ2v) is 7.00. The van der Waals surface area contributed by atoms with Gasteiger partial charge in [0.05, 0.1) is 31.9 Å². The molecule has 158 valence electrons. The molecule has 5 atom stereocenters. The molecule has 0 saturated heterocycles. The van der Waals surface area contributed by atoms with Crippen LogP contribution in [0, 0.1) is 5.92 Å². The fourth-order valence-corrected chi connectivity index (χ4v) is 3.53. The Hall–Kier alpha value is -2.66. The highest BCUT2D eigenvalue weighted by atomic mass is 16.5. The zero-order valence-electron chi connectivity index (χ0n) is 16.0. The van der Waals surface area contributed by atoms with Gasteiger partial charge in [-0.3, -0.25) is 4.68 Å². The van der Waals surface area contributed by atoms with E-state index in [-0.39, 0.29) is 12.4 Å². The third-order valence-corrected chi connectivity index (χ3v) is 5.17. The number of allylic oxidation sites excluding steroid dienone is 1. The highest BCUT2D eigenvalue weighted by molar-refractivity contribution is 5.84. The smallest absolute Gasteiger partial charge is 0.370 e. The standard InChI is InChI=1S/C19H24N2O8/c1-9-13(5-16(19(26)27)29-18(9)17(25)14(24)8-23)21-6-10-3-11(7-22)15(28-2)4-12(10)20-21/h3-6,9,13-14,17-18,22-25H,7-8H2,1-2H3,(H,26,27)/t9-,13+,14?,17?,18-/m1/s1. The number of nitrogens with zero attached hydrogens (tertiary/aromatic N) is 2. The Morgan fingerprint density at radius 2 is 2.07 bits per heavy atom. The summed E-state index contributed by atoms with van der Waals surface area (Å²) in [6.45, 7) is 0.818. The molecule has 0 saturated carbocycles. The van der Waals surface area contributed by atoms with E-state index >= 15 is 0 Å². The third-order valence-electron chi connectivity index (χ3n) is 5.17. The zero-order chi connectivity index (χ0) is 21.3. The quantitative estimate of drug-likeness (QED) is 0.419. The van der Waals surface area contributed by atoms with Crippen LogP contribution in [0.25, 0.3) is 10.9 Å². The van der Waals surface area contributed by atoms with E-state index in [0.717, 1.165) is 0 Å². The van der Waals surface area contributed by atoms with E-state index in [1.165, 1.54) is 13.2 Å². The summed E-state index contributed by atoms with van der Waals surface area (Å²) in [5, 5.41) is 53.4. The van der Waals surface area contributed by atoms with Crippen molar-refractivity contribution in [2.24, 2.45) is 5.92 Å². The molecule has 1 aromatic carbocycles. The molecule has 5 N–H and O–H groups in total. The predicted molar refractivity (Wildman–Crippen MR) is 100 cm³/mol. The first-order chi connectivity index (χ1) is 13.8. The summed E-state index contributed by atoms with van der Waals surface area (Å²) < 4.78 is 12.2. The summed E-state index contributed by atoms with van der Waals surface area (Å²) in [4.78, 5) is 11.5. The van der Waals surface area contributed by atoms with Gasteiger partial charge in [0.15, 0.2) is 0 Å². The van der Waals surface area contributed by atoms with Gasteiger partial charge in [0.1, 0.15) is 24.1 Å². The summed E-state index contributed by atoms with van der Waals surface area (Å²) >= 11 is 0. The molecular formula is C19H24N2O8. The summed E-state index contributed by atoms with van der Waals surface area (Å²) in [5.41, 5.74) is 1.16. The first-order valence-corrected chi connectivity index (χ1v) is 9.06. The maximum atomic E-state index is 11.5. The van der Waals surface area contributed by atoms with E-state index in [4.69, 9.17) is 14.6 Å². The first-order valence-electron chi connectivity index (χ1n) is 9.06. The minimum atomic E-state index is -1.49. The van der Waals surface area contributed by atoms with Gasteiger partial charge in [-0.15, -0.1) is 0 Å². The van der Waals surface area contributed by atoms with Crippen LogP contribution in [0.15, 0.2) is 30.2 Å². The van der Waals surface area contributed by atoms with Gasteiger partial charge in [0.25, 0.3) is 0 Å². The highest BCUT2D eigenvalue weighted by Gasteiger charge is 2.41. The number of rotatable bonds is 7. The molecule has 0 amide bonds. The van der Waals surface area contributed by atoms with E-state index in [9.17, 15) is 25.2 Å². The number of aliphatic carboxylic acids is 1. The van der Waals surface area contributed by atoms with Crippen LogP contribution in [0.5, 0.6) is 5.75 Å². The normalized spacial score (nSPS) is 23.9. The highest BCUT2D eigenvalue weighted by Crippen LogP contribution is 2.35. The van der Waals surface area contributed by atoms with Crippen LogP contribution in [0.3, 0.4) is 0 Å². The molecule has 0 aliphatic carbocycles. The number of carboxylic acid groups (broad SMARTS) is 1. The Kier molecular flexibility index (Phi) is 6.08. The van der Waals surface area contributed by atoms with Crippen molar-refractivity contribution < 1.29 is 39.8 Å². The number of aromatic nitrogens is 2. The monoisotopic (exact) mass is 408 g/mol. The van der Waals surface area contributed by atoms with Crippen LogP contribution in [-0.4, -0.2) is 73.3 Å². The van der Waals surface area contributed by atoms with Crippen molar-refractivity contribution in [1.29, 1.82) is 0 Å². The average Bonchev–Trinajstić information content (AvgIpc) is 3.13. The molecular weight excluding hydrogens is 384 g/mol. The molecule has 29 heavy (non-hydrogen) atoms. The molecule has 10 nitrogen and oxygen atoms in total. The number of carbonyl (C=O) groups is 1. The summed E-state index contributed by atoms with van der Waals surface area (Å²) in [6.07, 6.45) is -0.969. The lowest BCUT2D eigenvalue weighted by molar-refractivity contribution is -0.148. The summed E-state index contributed by atoms with van der Waals surface area (Å²) in [7, 11) is 1.48. The van der Waals surface area contributed by atoms with E-state index in [1.54, 1.807) is 29.9 Å². The number of methoxy groups -OCH3 is 1. The van der Waals surface area contributed by atoms with E-state index in [1.807, 2.05) is 0 Å². The van der Waals surface area contributed by atoms with Crippen molar-refractivity contribution in [3.63, 3.8) is 0 Å². The number of aliphatic hydroxyl groups is 4. The zero-order valence-corrected chi connectivity index (χ0v) is 16.0. The van der Waals surface area contributed by atoms with Gasteiger partial charge in [0.2, 0.25) is 5.76 Å². The van der Waals surface area contributed by atoms with Crippen LogP contribution in [0.1, 0.15) is 18.5 Å². The van der Waals surface area contributed by atoms with Gasteiger partial charge in [-0.1, -0.05) is 6.92 Å². The molecule has 0 radical (unpaired) electrons. The molecule has 3 rings (SSSR count). The van der Waals surface area contributed by atoms with Crippen molar-refractivity contribution in [3.05, 3.63) is 35.7 Å². The van der Waals surface area contributed by atoms with Gasteiger partial charge in [-0.05, 0) is 12.1 Å². The van der Waals surface area contributed by atoms with Gasteiger partial charge in [0, 0.05) is 29.1 Å². The van der Waals surface area contributed by atoms with Gasteiger partial charge in [-0.2, -0.15) is 5.10 Å². The molecule has 0 spiro atoms. The number of hydrogen-bond donors (Lipinski definition) is 5. The van der Waals surface area contributed by atoms with Crippen molar-refractivity contribution in [2.45, 2.75) is 37.9 Å². The minimum Gasteiger partial charge on any atom is -0.496 e. The lowest BCUT2D eigenvalue weighted by Gasteiger charge is -2.38. The van der Waals surface area contributed by atoms with Crippen LogP contribution in [-0.2, 0) is 16.1 Å². The maximum absolute atomic E-state index is 11.5. The number of benzene rings is 1. The van der Waals surface area contributed by atoms with Crippen molar-refractivity contribution in [2.75, 3.05) is 13.7 Å². The van der Waals surface area contributed by atoms with Crippen molar-refractivity contribution in [1.82, 2.24) is 9.78 Å². The van der Waals surface area contributed by atoms with Gasteiger partial charge < -0.3 is 35.0 Å². The number of fused-ring (bicyclic) bond motifs is 1. The number of aliphatic hydroxyl groups excluding tert-OH is 4. The van der Waals surface area contributed by atoms with E-state index in [0.29, 0.717) is 22.2 Å². The van der Waals surface area contributed by atoms with E-state index < -0.39 is 42.8 Å². The maximum Gasteiger partial charge on any atom is 0.370 e. The Balaban J connectivity index is 2.04. The Bertz CT molecular complexity index is 883. The third kappa shape index (κ3) is 3.92. The van der Waals surface area contributed by atoms with Crippen LogP contribution < -0.4 is 4.74 Å². The van der Waals surface area contributed by atoms with Gasteiger partial charge in [-0.25, -0.2) is 4.79 Å². The summed E-state index contributed by atoms with van der Waals surface area (Å²) in [6, 6.07) is 2.80. The molecule has 2 unspecified atom stereocenters. The average molecular weight is 408 g/mol. The fraction of sp³-hybridized carbons (Fsp3) is 0.474. The molecule has 0 fully saturated rings. The first kappa shape index (κ1) is 21.1. The second kappa shape index (κ2) is 8.37. The molecule has 1 aromatic heterocycles. The number of ether oxygens (including phenoxy) is 2. The molecule has 1 aliphatic rings. The number of hydrogen-bond acceptors (Lipinski definition) is 8. The minimum absolute atomic E-state index is 0.214. The predicted octanol–water partition coefficient (Wildman–Crippen LogP) is -0.204. The molecule has 0 bridgehead atoms. The number of carboxylic acids is 1. The SMILES string of the molecule is COc1cc2nn([C@H]3C=C(C(=O)O)O[C@@H](C(O)C(O)CO)[C@@H]3C)cc2cc1CO. The lowest BCUT2D eigenvalue weighted by atomic mass is 9.87. The van der Waals surface area contributed by atoms with Gasteiger partial charge >= 0.3 is 5.97 Å². The molecule has 2 heterocycles. The van der Waals surface area contributed by atoms with Crippen molar-refractivity contribution >= 4 is 16.9 Å². The second-order valence-electron chi connectivity index (χ2n) is 7.00. The molecule has 10 heteroatoms. The Morgan fingerprint density at radius 1 is 1.34 bits per heavy atom. The molecule has 2 aromatic rings. The van der Waals surface area contributed by atoms with E-state index in [2.05, 4.69) is 5.10 Å². The van der Waals surface area contributed by atoms with Crippen LogP contribution >= 0.6 is 0 Å². The largest absolute Gasteiger partial charge is 0.496 e. The topological polar surface area (TPSA) is 154 Å². The molecule has 1 aliphatic heterocycles. The van der Waals surface area contributed by atoms with Crippen LogP contribution in [0.2, 0.25) is 0 Å². The lowest BCUT2D eigenvalue weighted by Crippen LogP contribution is -2.48. The summed E-state index contributed by atoms with van der Waals surface area (Å²) in [5.74, 6) is -1.71. The van der Waals surface area contributed by atoms with Crippen LogP contribution in [0.4, 0.5) is 0 Å². The Labute approximate surface area is 166 Å². The fourth-order valence-electron chi connectivity index (χ4n) is 3.53. The van der Waals surface area contributed by atoms with Crippen molar-refractivity contribution in [3.8, 4) is 5.75 Å². The Morgan fingerprint density at radius 3 is 2.66 bits per heavy atom.